The van der Waals surface area contributed by atoms with Crippen LogP contribution in [-0.4, -0.2) is 30.2 Å². The molecule has 4 heteroatoms. The van der Waals surface area contributed by atoms with E-state index in [2.05, 4.69) is 20.1 Å². The van der Waals surface area contributed by atoms with Crippen molar-refractivity contribution in [3.8, 4) is 0 Å². The molecule has 1 amide bonds. The summed E-state index contributed by atoms with van der Waals surface area (Å²) in [6.45, 7) is 6.10. The summed E-state index contributed by atoms with van der Waals surface area (Å²) in [6.07, 6.45) is 3.25. The monoisotopic (exact) mass is 317 g/mol. The van der Waals surface area contributed by atoms with Gasteiger partial charge in [-0.2, -0.15) is 11.8 Å². The van der Waals surface area contributed by atoms with Crippen LogP contribution in [0.3, 0.4) is 0 Å². The van der Waals surface area contributed by atoms with Gasteiger partial charge in [-0.1, -0.05) is 32.0 Å². The van der Waals surface area contributed by atoms with Crippen LogP contribution in [0.2, 0.25) is 0 Å². The number of likely N-dealkylation sites (tertiary alicyclic amines) is 1. The summed E-state index contributed by atoms with van der Waals surface area (Å²) in [5, 5.41) is 1.07. The van der Waals surface area contributed by atoms with Crippen LogP contribution < -0.4 is 0 Å². The number of benzene rings is 1. The molecule has 0 spiro atoms. The fourth-order valence-corrected chi connectivity index (χ4v) is 4.11. The van der Waals surface area contributed by atoms with Crippen LogP contribution in [0.1, 0.15) is 36.4 Å². The lowest BCUT2D eigenvalue weighted by Gasteiger charge is -2.34. The van der Waals surface area contributed by atoms with Gasteiger partial charge in [0.2, 0.25) is 0 Å². The van der Waals surface area contributed by atoms with E-state index in [1.807, 2.05) is 29.2 Å². The van der Waals surface area contributed by atoms with Crippen molar-refractivity contribution in [1.82, 2.24) is 4.90 Å². The number of rotatable bonds is 3. The van der Waals surface area contributed by atoms with E-state index in [-0.39, 0.29) is 5.91 Å². The molecule has 1 aliphatic rings. The van der Waals surface area contributed by atoms with Crippen molar-refractivity contribution in [2.24, 2.45) is 11.8 Å². The standard InChI is InChI=1S/C18H23NO2S/c1-12-8-13(2)10-19(9-12)18(20)17-15(11-22-3)14-6-4-5-7-16(14)21-17/h4-7,12-13H,8-11H2,1-3H3/t12-,13-/m0/s1. The topological polar surface area (TPSA) is 33.5 Å². The molecule has 1 aliphatic heterocycles. The van der Waals surface area contributed by atoms with Crippen molar-refractivity contribution < 1.29 is 9.21 Å². The molecule has 2 heterocycles. The number of fused-ring (bicyclic) bond motifs is 1. The molecule has 3 rings (SSSR count). The Labute approximate surface area is 136 Å². The molecule has 3 nitrogen and oxygen atoms in total. The van der Waals surface area contributed by atoms with Crippen LogP contribution in [0, 0.1) is 11.8 Å². The number of nitrogens with zero attached hydrogens (tertiary/aromatic N) is 1. The molecule has 118 valence electrons. The largest absolute Gasteiger partial charge is 0.451 e. The molecule has 2 aromatic rings. The van der Waals surface area contributed by atoms with Gasteiger partial charge in [0, 0.05) is 29.8 Å². The smallest absolute Gasteiger partial charge is 0.289 e. The number of para-hydroxylation sites is 1. The first kappa shape index (κ1) is 15.5. The third kappa shape index (κ3) is 2.89. The van der Waals surface area contributed by atoms with Crippen LogP contribution in [0.25, 0.3) is 11.0 Å². The normalized spacial score (nSPS) is 22.2. The van der Waals surface area contributed by atoms with Crippen LogP contribution >= 0.6 is 11.8 Å². The maximum Gasteiger partial charge on any atom is 0.289 e. The van der Waals surface area contributed by atoms with Crippen molar-refractivity contribution in [2.45, 2.75) is 26.0 Å². The van der Waals surface area contributed by atoms with E-state index in [1.54, 1.807) is 11.8 Å². The fourth-order valence-electron chi connectivity index (χ4n) is 3.53. The zero-order valence-corrected chi connectivity index (χ0v) is 14.3. The lowest BCUT2D eigenvalue weighted by molar-refractivity contribution is 0.0592. The van der Waals surface area contributed by atoms with Gasteiger partial charge in [-0.15, -0.1) is 0 Å². The van der Waals surface area contributed by atoms with Crippen LogP contribution in [-0.2, 0) is 5.75 Å². The Morgan fingerprint density at radius 3 is 2.64 bits per heavy atom. The Bertz CT molecular complexity index is 669. The molecule has 0 radical (unpaired) electrons. The van der Waals surface area contributed by atoms with Gasteiger partial charge in [-0.05, 0) is 30.6 Å². The highest BCUT2D eigenvalue weighted by atomic mass is 32.2. The second-order valence-corrected chi connectivity index (χ2v) is 7.36. The third-order valence-corrected chi connectivity index (χ3v) is 4.91. The van der Waals surface area contributed by atoms with E-state index in [0.717, 1.165) is 35.4 Å². The molecule has 0 N–H and O–H groups in total. The Hall–Kier alpha value is -1.42. The lowest BCUT2D eigenvalue weighted by Crippen LogP contribution is -2.42. The molecule has 1 saturated heterocycles. The zero-order chi connectivity index (χ0) is 15.7. The number of carbonyl (C=O) groups is 1. The first-order valence-corrected chi connectivity index (χ1v) is 9.28. The van der Waals surface area contributed by atoms with Gasteiger partial charge in [-0.3, -0.25) is 4.79 Å². The average Bonchev–Trinajstić information content (AvgIpc) is 2.85. The van der Waals surface area contributed by atoms with Gasteiger partial charge >= 0.3 is 0 Å². The maximum absolute atomic E-state index is 13.0. The molecular weight excluding hydrogens is 294 g/mol. The number of furan rings is 1. The SMILES string of the molecule is CSCc1c(C(=O)N2C[C@@H](C)C[C@H](C)C2)oc2ccccc12. The summed E-state index contributed by atoms with van der Waals surface area (Å²) in [6, 6.07) is 7.94. The van der Waals surface area contributed by atoms with Crippen LogP contribution in [0.4, 0.5) is 0 Å². The van der Waals surface area contributed by atoms with E-state index in [0.29, 0.717) is 17.6 Å². The zero-order valence-electron chi connectivity index (χ0n) is 13.5. The van der Waals surface area contributed by atoms with Gasteiger partial charge in [0.05, 0.1) is 0 Å². The number of carbonyl (C=O) groups excluding carboxylic acids is 1. The third-order valence-electron chi connectivity index (χ3n) is 4.34. The molecule has 22 heavy (non-hydrogen) atoms. The van der Waals surface area contributed by atoms with Crippen molar-refractivity contribution in [3.63, 3.8) is 0 Å². The van der Waals surface area contributed by atoms with Gasteiger partial charge in [0.25, 0.3) is 5.91 Å². The van der Waals surface area contributed by atoms with Gasteiger partial charge in [0.15, 0.2) is 5.76 Å². The summed E-state index contributed by atoms with van der Waals surface area (Å²) in [5.41, 5.74) is 1.85. The predicted octanol–water partition coefficient (Wildman–Crippen LogP) is 4.41. The van der Waals surface area contributed by atoms with E-state index < -0.39 is 0 Å². The van der Waals surface area contributed by atoms with E-state index >= 15 is 0 Å². The van der Waals surface area contributed by atoms with Gasteiger partial charge < -0.3 is 9.32 Å². The molecule has 1 fully saturated rings. The summed E-state index contributed by atoms with van der Waals surface area (Å²) in [7, 11) is 0. The van der Waals surface area contributed by atoms with Crippen LogP contribution in [0.5, 0.6) is 0 Å². The second kappa shape index (κ2) is 6.37. The van der Waals surface area contributed by atoms with Gasteiger partial charge in [0.1, 0.15) is 5.58 Å². The first-order chi connectivity index (χ1) is 10.6. The molecule has 1 aromatic heterocycles. The Kier molecular flexibility index (Phi) is 4.48. The minimum Gasteiger partial charge on any atom is -0.451 e. The number of hydrogen-bond acceptors (Lipinski definition) is 3. The lowest BCUT2D eigenvalue weighted by atomic mass is 9.91. The fraction of sp³-hybridized carbons (Fsp3) is 0.500. The Morgan fingerprint density at radius 1 is 1.27 bits per heavy atom. The minimum absolute atomic E-state index is 0.0543. The average molecular weight is 317 g/mol. The van der Waals surface area contributed by atoms with Crippen molar-refractivity contribution in [2.75, 3.05) is 19.3 Å². The highest BCUT2D eigenvalue weighted by molar-refractivity contribution is 7.97. The molecule has 1 aromatic carbocycles. The first-order valence-electron chi connectivity index (χ1n) is 7.88. The van der Waals surface area contributed by atoms with Crippen molar-refractivity contribution in [1.29, 1.82) is 0 Å². The predicted molar refractivity (Wildman–Crippen MR) is 92.3 cm³/mol. The summed E-state index contributed by atoms with van der Waals surface area (Å²) >= 11 is 1.72. The molecule has 0 saturated carbocycles. The van der Waals surface area contributed by atoms with E-state index in [9.17, 15) is 4.79 Å². The van der Waals surface area contributed by atoms with E-state index in [1.165, 1.54) is 6.42 Å². The quantitative estimate of drug-likeness (QED) is 0.840. The van der Waals surface area contributed by atoms with Crippen molar-refractivity contribution in [3.05, 3.63) is 35.6 Å². The molecule has 0 bridgehead atoms. The highest BCUT2D eigenvalue weighted by Gasteiger charge is 2.30. The maximum atomic E-state index is 13.0. The van der Waals surface area contributed by atoms with Crippen molar-refractivity contribution >= 4 is 28.6 Å². The van der Waals surface area contributed by atoms with E-state index in [4.69, 9.17) is 4.42 Å². The second-order valence-electron chi connectivity index (χ2n) is 6.50. The number of thioether (sulfide) groups is 1. The van der Waals surface area contributed by atoms with Crippen LogP contribution in [0.15, 0.2) is 28.7 Å². The number of piperidine rings is 1. The molecule has 0 aliphatic carbocycles. The molecule has 2 atom stereocenters. The number of amides is 1. The van der Waals surface area contributed by atoms with Gasteiger partial charge in [-0.25, -0.2) is 0 Å². The highest BCUT2D eigenvalue weighted by Crippen LogP contribution is 2.31. The summed E-state index contributed by atoms with van der Waals surface area (Å²) in [4.78, 5) is 15.0. The Balaban J connectivity index is 1.97. The molecular formula is C18H23NO2S. The minimum atomic E-state index is 0.0543. The number of hydrogen-bond donors (Lipinski definition) is 0. The Morgan fingerprint density at radius 2 is 1.95 bits per heavy atom. The molecule has 0 unspecified atom stereocenters. The summed E-state index contributed by atoms with van der Waals surface area (Å²) in [5.74, 6) is 2.51. The summed E-state index contributed by atoms with van der Waals surface area (Å²) < 4.78 is 5.93.